The second kappa shape index (κ2) is 24.8. The van der Waals surface area contributed by atoms with E-state index in [0.29, 0.717) is 13.1 Å². The van der Waals surface area contributed by atoms with Gasteiger partial charge in [-0.15, -0.1) is 0 Å². The summed E-state index contributed by atoms with van der Waals surface area (Å²) in [6, 6.07) is 0. The van der Waals surface area contributed by atoms with Gasteiger partial charge in [-0.3, -0.25) is 14.4 Å². The summed E-state index contributed by atoms with van der Waals surface area (Å²) in [7, 11) is 1.75. The number of hydrogen-bond acceptors (Lipinski definition) is 5. The van der Waals surface area contributed by atoms with Crippen LogP contribution in [0.2, 0.25) is 0 Å². The van der Waals surface area contributed by atoms with Crippen molar-refractivity contribution in [3.05, 3.63) is 0 Å². The van der Waals surface area contributed by atoms with Crippen LogP contribution in [-0.2, 0) is 14.4 Å². The van der Waals surface area contributed by atoms with Crippen LogP contribution in [0.5, 0.6) is 0 Å². The van der Waals surface area contributed by atoms with Crippen LogP contribution < -0.4 is 16.4 Å². The lowest BCUT2D eigenvalue weighted by molar-refractivity contribution is -0.137. The number of carboxylic acid groups (broad SMARTS) is 1. The van der Waals surface area contributed by atoms with Crippen molar-refractivity contribution in [2.75, 3.05) is 26.7 Å². The van der Waals surface area contributed by atoms with Gasteiger partial charge in [0.15, 0.2) is 0 Å². The normalized spacial score (nSPS) is 12.4. The smallest absolute Gasteiger partial charge is 0.303 e. The van der Waals surface area contributed by atoms with Gasteiger partial charge in [0.05, 0.1) is 6.54 Å². The van der Waals surface area contributed by atoms with Crippen molar-refractivity contribution in [1.29, 1.82) is 0 Å². The maximum atomic E-state index is 10.6. The standard InChI is InChI=1S/C6H13NO2.C6H11NO.C4H9NO.2CH4/c7-5-3-1-2-4-6(8)9;8-6-4-2-1-3-5-7-6;1-4(6)3-5-2;;/h1-5,7H2,(H,8,9);1-5H2,(H,7,8);5H,3H2,1-2H3;2*1H4. The number of carbonyl (C=O) groups excluding carboxylic acids is 2. The summed E-state index contributed by atoms with van der Waals surface area (Å²) in [4.78, 5) is 30.5. The molecule has 0 aromatic rings. The molecule has 0 aromatic carbocycles. The SMILES string of the molecule is C.C.CNCC(C)=O.NCCCCCC(=O)O.O=C1CCCCCN1. The molecule has 0 spiro atoms. The molecule has 1 fully saturated rings. The number of hydrogen-bond donors (Lipinski definition) is 4. The molecule has 0 radical (unpaired) electrons. The summed E-state index contributed by atoms with van der Waals surface area (Å²) in [6.45, 7) is 3.59. The molecule has 1 amide bonds. The number of nitrogens with two attached hydrogens (primary N) is 1. The Bertz CT molecular complexity index is 313. The summed E-state index contributed by atoms with van der Waals surface area (Å²) < 4.78 is 0. The van der Waals surface area contributed by atoms with E-state index < -0.39 is 5.97 Å². The molecule has 0 aromatic heterocycles. The highest BCUT2D eigenvalue weighted by Gasteiger charge is 2.03. The van der Waals surface area contributed by atoms with Gasteiger partial charge in [-0.25, -0.2) is 0 Å². The third-order valence-electron chi connectivity index (χ3n) is 2.92. The van der Waals surface area contributed by atoms with Gasteiger partial charge in [-0.2, -0.15) is 0 Å². The number of aliphatic carboxylic acids is 1. The van der Waals surface area contributed by atoms with Crippen LogP contribution >= 0.6 is 0 Å². The molecule has 5 N–H and O–H groups in total. The molecule has 1 saturated heterocycles. The predicted octanol–water partition coefficient (Wildman–Crippen LogP) is 2.33. The number of ketones is 1. The van der Waals surface area contributed by atoms with Gasteiger partial charge >= 0.3 is 5.97 Å². The largest absolute Gasteiger partial charge is 0.481 e. The molecule has 25 heavy (non-hydrogen) atoms. The average Bonchev–Trinajstić information content (AvgIpc) is 2.72. The zero-order valence-corrected chi connectivity index (χ0v) is 14.5. The van der Waals surface area contributed by atoms with Gasteiger partial charge in [0.25, 0.3) is 0 Å². The van der Waals surface area contributed by atoms with Crippen molar-refractivity contribution < 1.29 is 19.5 Å². The Morgan fingerprint density at radius 3 is 2.24 bits per heavy atom. The molecular weight excluding hydrogens is 322 g/mol. The molecule has 7 heteroatoms. The maximum absolute atomic E-state index is 10.6. The van der Waals surface area contributed by atoms with Gasteiger partial charge in [0, 0.05) is 19.4 Å². The minimum absolute atomic E-state index is 0. The number of Topliss-reactive ketones (excluding diaryl/α,β-unsaturated/α-hetero) is 1. The quantitative estimate of drug-likeness (QED) is 0.515. The van der Waals surface area contributed by atoms with Crippen LogP contribution in [0, 0.1) is 0 Å². The number of nitrogens with one attached hydrogen (secondary N) is 2. The van der Waals surface area contributed by atoms with Gasteiger partial charge in [0.2, 0.25) is 5.91 Å². The van der Waals surface area contributed by atoms with Crippen LogP contribution in [0.15, 0.2) is 0 Å². The molecule has 7 nitrogen and oxygen atoms in total. The first-order valence-corrected chi connectivity index (χ1v) is 8.26. The van der Waals surface area contributed by atoms with Crippen LogP contribution in [0.3, 0.4) is 0 Å². The van der Waals surface area contributed by atoms with Gasteiger partial charge in [-0.1, -0.05) is 27.7 Å². The van der Waals surface area contributed by atoms with Crippen molar-refractivity contribution in [2.24, 2.45) is 5.73 Å². The van der Waals surface area contributed by atoms with E-state index in [0.717, 1.165) is 45.1 Å². The summed E-state index contributed by atoms with van der Waals surface area (Å²) in [5.74, 6) is -0.313. The Balaban J connectivity index is -0.000000130. The van der Waals surface area contributed by atoms with Crippen molar-refractivity contribution in [3.63, 3.8) is 0 Å². The highest BCUT2D eigenvalue weighted by atomic mass is 16.4. The Labute approximate surface area is 154 Å². The number of rotatable bonds is 7. The second-order valence-electron chi connectivity index (χ2n) is 5.39. The zero-order valence-electron chi connectivity index (χ0n) is 14.5. The molecule has 0 aliphatic carbocycles. The van der Waals surface area contributed by atoms with E-state index >= 15 is 0 Å². The molecule has 1 aliphatic rings. The van der Waals surface area contributed by atoms with Crippen LogP contribution in [0.1, 0.15) is 73.1 Å². The third kappa shape index (κ3) is 34.8. The van der Waals surface area contributed by atoms with Crippen LogP contribution in [-0.4, -0.2) is 49.4 Å². The zero-order chi connectivity index (χ0) is 17.9. The summed E-state index contributed by atoms with van der Waals surface area (Å²) in [5, 5.41) is 13.7. The molecule has 1 heterocycles. The molecule has 152 valence electrons. The first-order valence-electron chi connectivity index (χ1n) is 8.26. The first kappa shape index (κ1) is 31.3. The Kier molecular flexibility index (Phi) is 31.0. The number of unbranched alkanes of at least 4 members (excludes halogenated alkanes) is 2. The maximum Gasteiger partial charge on any atom is 0.303 e. The van der Waals surface area contributed by atoms with Crippen molar-refractivity contribution in [1.82, 2.24) is 10.6 Å². The van der Waals surface area contributed by atoms with E-state index in [2.05, 4.69) is 10.6 Å². The molecule has 0 unspecified atom stereocenters. The number of carbonyl (C=O) groups is 3. The molecule has 0 bridgehead atoms. The lowest BCUT2D eigenvalue weighted by Crippen LogP contribution is -2.21. The topological polar surface area (TPSA) is 122 Å². The van der Waals surface area contributed by atoms with E-state index in [1.807, 2.05) is 0 Å². The summed E-state index contributed by atoms with van der Waals surface area (Å²) in [5.41, 5.74) is 5.20. The van der Waals surface area contributed by atoms with Crippen molar-refractivity contribution >= 4 is 17.7 Å². The number of amides is 1. The van der Waals surface area contributed by atoms with Gasteiger partial charge in [-0.05, 0) is 46.2 Å². The van der Waals surface area contributed by atoms with E-state index in [1.165, 1.54) is 6.42 Å². The highest BCUT2D eigenvalue weighted by molar-refractivity contribution is 5.77. The fraction of sp³-hybridized carbons (Fsp3) is 0.833. The van der Waals surface area contributed by atoms with E-state index in [4.69, 9.17) is 10.8 Å². The Hall–Kier alpha value is -1.47. The van der Waals surface area contributed by atoms with E-state index in [-0.39, 0.29) is 33.0 Å². The average molecular weight is 364 g/mol. The fourth-order valence-electron chi connectivity index (χ4n) is 1.75. The first-order chi connectivity index (χ1) is 10.9. The lowest BCUT2D eigenvalue weighted by atomic mass is 10.2. The molecule has 1 rings (SSSR count). The second-order valence-corrected chi connectivity index (χ2v) is 5.39. The highest BCUT2D eigenvalue weighted by Crippen LogP contribution is 2.02. The third-order valence-corrected chi connectivity index (χ3v) is 2.92. The number of carboxylic acids is 1. The minimum Gasteiger partial charge on any atom is -0.481 e. The van der Waals surface area contributed by atoms with Crippen LogP contribution in [0.4, 0.5) is 0 Å². The Morgan fingerprint density at radius 2 is 1.80 bits per heavy atom. The monoisotopic (exact) mass is 363 g/mol. The van der Waals surface area contributed by atoms with Crippen molar-refractivity contribution in [3.8, 4) is 0 Å². The summed E-state index contributed by atoms with van der Waals surface area (Å²) in [6.07, 6.45) is 7.08. The lowest BCUT2D eigenvalue weighted by Gasteiger charge is -1.93. The number of likely N-dealkylation sites (N-methyl/N-ethyl adjacent to an activating group) is 1. The molecule has 0 saturated carbocycles. The summed E-state index contributed by atoms with van der Waals surface area (Å²) >= 11 is 0. The van der Waals surface area contributed by atoms with Gasteiger partial charge < -0.3 is 21.5 Å². The fourth-order valence-corrected chi connectivity index (χ4v) is 1.75. The predicted molar refractivity (Wildman–Crippen MR) is 105 cm³/mol. The molecular formula is C18H41N3O4. The van der Waals surface area contributed by atoms with Crippen LogP contribution in [0.25, 0.3) is 0 Å². The van der Waals surface area contributed by atoms with Gasteiger partial charge in [0.1, 0.15) is 5.78 Å². The minimum atomic E-state index is -0.716. The van der Waals surface area contributed by atoms with E-state index in [1.54, 1.807) is 14.0 Å². The molecule has 1 aliphatic heterocycles. The van der Waals surface area contributed by atoms with Crippen molar-refractivity contribution in [2.45, 2.75) is 73.1 Å². The Morgan fingerprint density at radius 1 is 1.16 bits per heavy atom. The van der Waals surface area contributed by atoms with E-state index in [9.17, 15) is 14.4 Å². The molecule has 0 atom stereocenters.